The summed E-state index contributed by atoms with van der Waals surface area (Å²) < 4.78 is 0. The van der Waals surface area contributed by atoms with Gasteiger partial charge in [-0.15, -0.1) is 23.1 Å². The highest BCUT2D eigenvalue weighted by molar-refractivity contribution is 7.99. The first-order valence-electron chi connectivity index (χ1n) is 9.64. The fourth-order valence-electron chi connectivity index (χ4n) is 3.21. The van der Waals surface area contributed by atoms with Crippen LogP contribution in [-0.4, -0.2) is 33.6 Å². The summed E-state index contributed by atoms with van der Waals surface area (Å²) in [7, 11) is 1.76. The average Bonchev–Trinajstić information content (AvgIpc) is 3.20. The van der Waals surface area contributed by atoms with E-state index >= 15 is 0 Å². The Morgan fingerprint density at radius 1 is 1.16 bits per heavy atom. The molecule has 8 heteroatoms. The lowest BCUT2D eigenvalue weighted by molar-refractivity contribution is -0.127. The maximum Gasteiger partial charge on any atom is 0.260 e. The number of carbonyl (C=O) groups is 1. The van der Waals surface area contributed by atoms with E-state index in [9.17, 15) is 9.59 Å². The maximum atomic E-state index is 12.7. The van der Waals surface area contributed by atoms with E-state index in [-0.39, 0.29) is 11.5 Å². The van der Waals surface area contributed by atoms with Crippen LogP contribution in [0, 0.1) is 0 Å². The van der Waals surface area contributed by atoms with E-state index in [2.05, 4.69) is 9.97 Å². The molecule has 2 aromatic heterocycles. The molecule has 0 saturated heterocycles. The number of thiophene rings is 1. The third-order valence-electron chi connectivity index (χ3n) is 4.83. The zero-order valence-electron chi connectivity index (χ0n) is 16.8. The normalized spacial score (nSPS) is 11.0. The van der Waals surface area contributed by atoms with E-state index in [4.69, 9.17) is 11.6 Å². The number of aromatic nitrogens is 2. The largest absolute Gasteiger partial charge is 0.341 e. The van der Waals surface area contributed by atoms with Crippen molar-refractivity contribution in [2.24, 2.45) is 0 Å². The quantitative estimate of drug-likeness (QED) is 0.404. The molecule has 0 spiro atoms. The predicted octanol–water partition coefficient (Wildman–Crippen LogP) is 5.20. The van der Waals surface area contributed by atoms with Crippen LogP contribution in [0.25, 0.3) is 21.3 Å². The minimum absolute atomic E-state index is 0.00386. The first kappa shape index (κ1) is 21.6. The van der Waals surface area contributed by atoms with Gasteiger partial charge in [0.05, 0.1) is 16.9 Å². The summed E-state index contributed by atoms with van der Waals surface area (Å²) in [6, 6.07) is 17.3. The van der Waals surface area contributed by atoms with Crippen molar-refractivity contribution in [3.8, 4) is 11.1 Å². The molecule has 0 atom stereocenters. The van der Waals surface area contributed by atoms with Crippen molar-refractivity contribution in [2.75, 3.05) is 12.8 Å². The smallest absolute Gasteiger partial charge is 0.260 e. The van der Waals surface area contributed by atoms with Crippen LogP contribution in [0.2, 0.25) is 5.02 Å². The third-order valence-corrected chi connectivity index (χ3v) is 7.00. The summed E-state index contributed by atoms with van der Waals surface area (Å²) in [4.78, 5) is 35.0. The van der Waals surface area contributed by atoms with E-state index in [0.29, 0.717) is 39.1 Å². The molecule has 0 saturated carbocycles. The zero-order valence-corrected chi connectivity index (χ0v) is 19.2. The Kier molecular flexibility index (Phi) is 6.75. The van der Waals surface area contributed by atoms with Crippen LogP contribution in [0.15, 0.2) is 64.8 Å². The van der Waals surface area contributed by atoms with Crippen molar-refractivity contribution >= 4 is 50.8 Å². The molecule has 4 aromatic rings. The van der Waals surface area contributed by atoms with Gasteiger partial charge in [0.15, 0.2) is 0 Å². The number of rotatable bonds is 7. The van der Waals surface area contributed by atoms with Gasteiger partial charge >= 0.3 is 0 Å². The molecule has 1 amide bonds. The number of fused-ring (bicyclic) bond motifs is 1. The van der Waals surface area contributed by atoms with Crippen LogP contribution < -0.4 is 5.56 Å². The van der Waals surface area contributed by atoms with E-state index < -0.39 is 0 Å². The number of nitrogens with zero attached hydrogens (tertiary/aromatic N) is 2. The lowest BCUT2D eigenvalue weighted by atomic mass is 10.1. The minimum Gasteiger partial charge on any atom is -0.341 e. The molecule has 2 heterocycles. The fraction of sp³-hybridized carbons (Fsp3) is 0.174. The lowest BCUT2D eigenvalue weighted by Gasteiger charge is -2.17. The number of benzene rings is 2. The molecule has 31 heavy (non-hydrogen) atoms. The first-order chi connectivity index (χ1) is 15.0. The third kappa shape index (κ3) is 5.01. The Morgan fingerprint density at radius 3 is 2.68 bits per heavy atom. The molecule has 0 unspecified atom stereocenters. The number of hydrogen-bond donors (Lipinski definition) is 1. The lowest BCUT2D eigenvalue weighted by Crippen LogP contribution is -2.28. The topological polar surface area (TPSA) is 66.1 Å². The summed E-state index contributed by atoms with van der Waals surface area (Å²) >= 11 is 9.06. The standard InChI is InChI=1S/C23H20ClN3O2S2/c1-27(11-16-9-5-6-10-18(16)24)20(28)14-30-13-19-25-22(29)21-17(12-31-23(21)26-19)15-7-3-2-4-8-15/h2-10,12H,11,13-14H2,1H3,(H,25,26,29). The van der Waals surface area contributed by atoms with Crippen molar-refractivity contribution in [3.05, 3.63) is 86.7 Å². The summed E-state index contributed by atoms with van der Waals surface area (Å²) in [5, 5.41) is 3.23. The van der Waals surface area contributed by atoms with Gasteiger partial charge < -0.3 is 9.88 Å². The van der Waals surface area contributed by atoms with Crippen LogP contribution in [0.3, 0.4) is 0 Å². The van der Waals surface area contributed by atoms with Gasteiger partial charge in [-0.1, -0.05) is 60.1 Å². The number of carbonyl (C=O) groups excluding carboxylic acids is 1. The minimum atomic E-state index is -0.150. The van der Waals surface area contributed by atoms with Crippen molar-refractivity contribution in [1.82, 2.24) is 14.9 Å². The molecule has 0 aliphatic heterocycles. The Balaban J connectivity index is 1.40. The number of amides is 1. The molecule has 0 fully saturated rings. The predicted molar refractivity (Wildman–Crippen MR) is 130 cm³/mol. The Bertz CT molecular complexity index is 1270. The van der Waals surface area contributed by atoms with Crippen molar-refractivity contribution in [1.29, 1.82) is 0 Å². The van der Waals surface area contributed by atoms with Gasteiger partial charge in [-0.2, -0.15) is 0 Å². The highest BCUT2D eigenvalue weighted by atomic mass is 35.5. The van der Waals surface area contributed by atoms with Crippen molar-refractivity contribution in [3.63, 3.8) is 0 Å². The SMILES string of the molecule is CN(Cc1ccccc1Cl)C(=O)CSCc1nc2scc(-c3ccccc3)c2c(=O)[nH]1. The Labute approximate surface area is 193 Å². The van der Waals surface area contributed by atoms with E-state index in [1.165, 1.54) is 23.1 Å². The van der Waals surface area contributed by atoms with Crippen LogP contribution in [0.5, 0.6) is 0 Å². The summed E-state index contributed by atoms with van der Waals surface area (Å²) in [6.45, 7) is 0.456. The summed E-state index contributed by atoms with van der Waals surface area (Å²) in [5.41, 5.74) is 2.65. The molecule has 0 aliphatic carbocycles. The second-order valence-electron chi connectivity index (χ2n) is 7.04. The molecule has 0 aliphatic rings. The molecule has 0 bridgehead atoms. The van der Waals surface area contributed by atoms with Gasteiger partial charge in [0.2, 0.25) is 5.91 Å². The van der Waals surface area contributed by atoms with Gasteiger partial charge in [-0.05, 0) is 17.2 Å². The molecule has 0 radical (unpaired) electrons. The van der Waals surface area contributed by atoms with Crippen LogP contribution in [0.4, 0.5) is 0 Å². The van der Waals surface area contributed by atoms with Gasteiger partial charge in [-0.3, -0.25) is 9.59 Å². The highest BCUT2D eigenvalue weighted by Crippen LogP contribution is 2.30. The number of halogens is 1. The second kappa shape index (κ2) is 9.68. The summed E-state index contributed by atoms with van der Waals surface area (Å²) in [6.07, 6.45) is 0. The first-order valence-corrected chi connectivity index (χ1v) is 12.0. The van der Waals surface area contributed by atoms with E-state index in [1.807, 2.05) is 60.0 Å². The van der Waals surface area contributed by atoms with Gasteiger partial charge in [0.25, 0.3) is 5.56 Å². The molecular formula is C23H20ClN3O2S2. The molecule has 4 rings (SSSR count). The number of thioether (sulfide) groups is 1. The van der Waals surface area contributed by atoms with Crippen molar-refractivity contribution in [2.45, 2.75) is 12.3 Å². The van der Waals surface area contributed by atoms with Gasteiger partial charge in [-0.25, -0.2) is 4.98 Å². The molecule has 2 aromatic carbocycles. The average molecular weight is 470 g/mol. The fourth-order valence-corrected chi connectivity index (χ4v) is 5.20. The second-order valence-corrected chi connectivity index (χ2v) is 9.29. The molecule has 5 nitrogen and oxygen atoms in total. The van der Waals surface area contributed by atoms with Crippen LogP contribution in [-0.2, 0) is 17.1 Å². The monoisotopic (exact) mass is 469 g/mol. The zero-order chi connectivity index (χ0) is 21.8. The Hall–Kier alpha value is -2.61. The van der Waals surface area contributed by atoms with Crippen molar-refractivity contribution < 1.29 is 4.79 Å². The molecular weight excluding hydrogens is 450 g/mol. The highest BCUT2D eigenvalue weighted by Gasteiger charge is 2.14. The number of H-pyrrole nitrogens is 1. The van der Waals surface area contributed by atoms with Crippen LogP contribution in [0.1, 0.15) is 11.4 Å². The number of nitrogens with one attached hydrogen (secondary N) is 1. The van der Waals surface area contributed by atoms with Gasteiger partial charge in [0.1, 0.15) is 10.7 Å². The number of aromatic amines is 1. The maximum absolute atomic E-state index is 12.7. The Morgan fingerprint density at radius 2 is 1.90 bits per heavy atom. The molecule has 158 valence electrons. The van der Waals surface area contributed by atoms with E-state index in [0.717, 1.165) is 16.7 Å². The van der Waals surface area contributed by atoms with Crippen LogP contribution >= 0.6 is 34.7 Å². The van der Waals surface area contributed by atoms with Gasteiger partial charge in [0, 0.05) is 29.6 Å². The molecule has 1 N–H and O–H groups in total. The number of hydrogen-bond acceptors (Lipinski definition) is 5. The van der Waals surface area contributed by atoms with E-state index in [1.54, 1.807) is 11.9 Å². The summed E-state index contributed by atoms with van der Waals surface area (Å²) in [5.74, 6) is 1.32.